The van der Waals surface area contributed by atoms with Crippen molar-refractivity contribution in [2.24, 2.45) is 29.6 Å². The van der Waals surface area contributed by atoms with Crippen LogP contribution in [0.4, 0.5) is 0 Å². The molecule has 0 N–H and O–H groups in total. The van der Waals surface area contributed by atoms with Gasteiger partial charge in [0.1, 0.15) is 42.3 Å². The Morgan fingerprint density at radius 1 is 0.532 bits per heavy atom. The van der Waals surface area contributed by atoms with Gasteiger partial charge in [0.25, 0.3) is 0 Å². The Kier molecular flexibility index (Phi) is 24.2. The normalized spacial score (nSPS) is 20.4. The molecule has 4 rings (SSSR count). The van der Waals surface area contributed by atoms with Gasteiger partial charge in [0, 0.05) is 67.2 Å². The van der Waals surface area contributed by atoms with E-state index in [2.05, 4.69) is 13.8 Å². The number of rotatable bonds is 26. The number of amides is 8. The molecule has 3 heterocycles. The smallest absolute Gasteiger partial charge is 0.246 e. The van der Waals surface area contributed by atoms with Crippen molar-refractivity contribution in [3.05, 3.63) is 35.9 Å². The number of carbonyl (C=O) groups is 9. The van der Waals surface area contributed by atoms with Crippen molar-refractivity contribution in [2.45, 2.75) is 208 Å². The first kappa shape index (κ1) is 64.2. The number of ketones is 1. The average molecular weight is 1080 g/mol. The molecular weight excluding hydrogens is 977 g/mol. The summed E-state index contributed by atoms with van der Waals surface area (Å²) in [4.78, 5) is 141. The molecular formula is C60H98N8O9. The number of benzene rings is 1. The number of nitrogens with zero attached hydrogens (tertiary/aromatic N) is 8. The number of hydrogen-bond donors (Lipinski definition) is 0. The van der Waals surface area contributed by atoms with Gasteiger partial charge in [-0.1, -0.05) is 125 Å². The third-order valence-electron chi connectivity index (χ3n) is 17.0. The molecule has 3 saturated heterocycles. The molecule has 0 aromatic heterocycles. The van der Waals surface area contributed by atoms with E-state index in [-0.39, 0.29) is 41.8 Å². The maximum atomic E-state index is 15.1. The Morgan fingerprint density at radius 2 is 1.00 bits per heavy atom. The van der Waals surface area contributed by atoms with Gasteiger partial charge in [-0.25, -0.2) is 0 Å². The fraction of sp³-hybridized carbons (Fsp3) is 0.750. The van der Waals surface area contributed by atoms with Gasteiger partial charge in [0.2, 0.25) is 47.3 Å². The average Bonchev–Trinajstić information content (AvgIpc) is 4.21. The molecule has 77 heavy (non-hydrogen) atoms. The Morgan fingerprint density at radius 3 is 1.51 bits per heavy atom. The quantitative estimate of drug-likeness (QED) is 0.0931. The Labute approximate surface area is 462 Å². The highest BCUT2D eigenvalue weighted by molar-refractivity contribution is 5.98. The molecule has 0 spiro atoms. The molecule has 0 bridgehead atoms. The van der Waals surface area contributed by atoms with E-state index in [0.717, 1.165) is 24.8 Å². The van der Waals surface area contributed by atoms with Gasteiger partial charge >= 0.3 is 0 Å². The minimum absolute atomic E-state index is 0.0849. The van der Waals surface area contributed by atoms with Crippen molar-refractivity contribution in [3.63, 3.8) is 0 Å². The highest BCUT2D eigenvalue weighted by Gasteiger charge is 2.48. The van der Waals surface area contributed by atoms with E-state index in [0.29, 0.717) is 64.1 Å². The van der Waals surface area contributed by atoms with Gasteiger partial charge in [0.15, 0.2) is 5.78 Å². The summed E-state index contributed by atoms with van der Waals surface area (Å²) < 4.78 is 0. The lowest BCUT2D eigenvalue weighted by molar-refractivity contribution is -0.159. The first-order chi connectivity index (χ1) is 36.2. The number of Topliss-reactive ketones (excluding diaryl/α,β-unsaturated/α-hetero) is 1. The number of unbranched alkanes of at least 4 members (excludes halogenated alkanes) is 3. The van der Waals surface area contributed by atoms with Crippen LogP contribution in [0.3, 0.4) is 0 Å². The first-order valence-corrected chi connectivity index (χ1v) is 29.0. The van der Waals surface area contributed by atoms with Gasteiger partial charge < -0.3 is 39.2 Å². The maximum absolute atomic E-state index is 15.1. The summed E-state index contributed by atoms with van der Waals surface area (Å²) >= 11 is 0. The van der Waals surface area contributed by atoms with E-state index < -0.39 is 89.7 Å². The number of carbonyl (C=O) groups excluding carboxylic acids is 9. The largest absolute Gasteiger partial charge is 0.334 e. The predicted molar refractivity (Wildman–Crippen MR) is 300 cm³/mol. The van der Waals surface area contributed by atoms with Crippen molar-refractivity contribution < 1.29 is 43.2 Å². The van der Waals surface area contributed by atoms with Crippen LogP contribution in [0.1, 0.15) is 159 Å². The van der Waals surface area contributed by atoms with Crippen molar-refractivity contribution in [2.75, 3.05) is 54.9 Å². The minimum atomic E-state index is -1.07. The zero-order chi connectivity index (χ0) is 57.7. The van der Waals surface area contributed by atoms with E-state index in [9.17, 15) is 33.6 Å². The number of likely N-dealkylation sites (N-methyl/N-ethyl adjacent to an activating group) is 5. The van der Waals surface area contributed by atoms with Gasteiger partial charge in [-0.3, -0.25) is 43.2 Å². The van der Waals surface area contributed by atoms with Crippen molar-refractivity contribution in [3.8, 4) is 0 Å². The van der Waals surface area contributed by atoms with E-state index >= 15 is 9.59 Å². The molecule has 3 aliphatic heterocycles. The summed E-state index contributed by atoms with van der Waals surface area (Å²) in [5.41, 5.74) is 0.803. The van der Waals surface area contributed by atoms with Gasteiger partial charge in [-0.15, -0.1) is 0 Å². The van der Waals surface area contributed by atoms with E-state index in [1.807, 2.05) is 78.8 Å². The Bertz CT molecular complexity index is 2200. The van der Waals surface area contributed by atoms with E-state index in [1.54, 1.807) is 56.9 Å². The van der Waals surface area contributed by atoms with Crippen LogP contribution in [-0.4, -0.2) is 195 Å². The van der Waals surface area contributed by atoms with Crippen LogP contribution in [0.2, 0.25) is 0 Å². The summed E-state index contributed by atoms with van der Waals surface area (Å²) in [6.07, 6.45) is 9.90. The lowest BCUT2D eigenvalue weighted by Crippen LogP contribution is -2.62. The lowest BCUT2D eigenvalue weighted by Gasteiger charge is -2.42. The van der Waals surface area contributed by atoms with Crippen LogP contribution in [-0.2, 0) is 49.6 Å². The van der Waals surface area contributed by atoms with Crippen LogP contribution in [0.25, 0.3) is 0 Å². The van der Waals surface area contributed by atoms with Crippen molar-refractivity contribution >= 4 is 53.0 Å². The zero-order valence-corrected chi connectivity index (χ0v) is 50.0. The standard InChI is InChI=1S/C60H98N8O9/c1-17-18-19-21-27-41(8)36-42(9)53(70)61(12)43(10)54(71)67-34-25-31-47(67)55(72)63(14)51(39(4)5)59(76)65(16)52(40(6)7)60(77)64(15)50(38(2)3)58(75)62(13)49(37-45-28-22-20-23-29-45)57(74)68-35-26-32-48(68)56(73)66-33-24-30-46(66)44(11)69/h20,22-23,28-29,38-43,46-52H,17-19,21,24-27,30-37H2,1-16H3. The highest BCUT2D eigenvalue weighted by Crippen LogP contribution is 2.30. The third kappa shape index (κ3) is 15.5. The predicted octanol–water partition coefficient (Wildman–Crippen LogP) is 6.55. The summed E-state index contributed by atoms with van der Waals surface area (Å²) in [7, 11) is 7.86. The molecule has 3 fully saturated rings. The molecule has 0 radical (unpaired) electrons. The second-order valence-electron chi connectivity index (χ2n) is 24.0. The molecule has 10 unspecified atom stereocenters. The summed E-state index contributed by atoms with van der Waals surface area (Å²) in [5, 5.41) is 0. The SMILES string of the molecule is CCCCCCC(C)CC(C)C(=O)N(C)C(C)C(=O)N1CCCC1C(=O)N(C)C(C(=O)N(C)C(C(=O)N(C)C(C(=O)N(C)C(Cc1ccccc1)C(=O)N1CCCC1C(=O)N1CCCC1C(C)=O)C(C)C)C(C)C)C(C)C. The molecule has 8 amide bonds. The Hall–Kier alpha value is -5.35. The fourth-order valence-corrected chi connectivity index (χ4v) is 12.4. The minimum Gasteiger partial charge on any atom is -0.334 e. The summed E-state index contributed by atoms with van der Waals surface area (Å²) in [5.74, 6) is -4.20. The molecule has 1 aromatic carbocycles. The van der Waals surface area contributed by atoms with Crippen molar-refractivity contribution in [1.29, 1.82) is 0 Å². The van der Waals surface area contributed by atoms with Crippen LogP contribution in [0, 0.1) is 29.6 Å². The molecule has 432 valence electrons. The summed E-state index contributed by atoms with van der Waals surface area (Å²) in [6, 6.07) is 2.19. The van der Waals surface area contributed by atoms with Crippen LogP contribution < -0.4 is 0 Å². The maximum Gasteiger partial charge on any atom is 0.246 e. The van der Waals surface area contributed by atoms with Crippen molar-refractivity contribution in [1.82, 2.24) is 39.2 Å². The monoisotopic (exact) mass is 1070 g/mol. The molecule has 17 heteroatoms. The molecule has 10 atom stereocenters. The number of likely N-dealkylation sites (tertiary alicyclic amines) is 3. The number of hydrogen-bond acceptors (Lipinski definition) is 9. The first-order valence-electron chi connectivity index (χ1n) is 29.0. The topological polar surface area (TPSA) is 180 Å². The van der Waals surface area contributed by atoms with Crippen LogP contribution in [0.5, 0.6) is 0 Å². The van der Waals surface area contributed by atoms with Crippen LogP contribution in [0.15, 0.2) is 30.3 Å². The fourth-order valence-electron chi connectivity index (χ4n) is 12.4. The van der Waals surface area contributed by atoms with Gasteiger partial charge in [-0.2, -0.15) is 0 Å². The second kappa shape index (κ2) is 29.0. The molecule has 3 aliphatic rings. The van der Waals surface area contributed by atoms with Gasteiger partial charge in [0.05, 0.1) is 6.04 Å². The zero-order valence-electron chi connectivity index (χ0n) is 50.0. The Balaban J connectivity index is 1.54. The van der Waals surface area contributed by atoms with Crippen LogP contribution >= 0.6 is 0 Å². The molecule has 0 saturated carbocycles. The highest BCUT2D eigenvalue weighted by atomic mass is 16.2. The molecule has 17 nitrogen and oxygen atoms in total. The third-order valence-corrected chi connectivity index (χ3v) is 17.0. The van der Waals surface area contributed by atoms with E-state index in [1.165, 1.54) is 50.7 Å². The summed E-state index contributed by atoms with van der Waals surface area (Å²) in [6.45, 7) is 21.5. The second-order valence-corrected chi connectivity index (χ2v) is 24.0. The lowest BCUT2D eigenvalue weighted by atomic mass is 9.91. The van der Waals surface area contributed by atoms with E-state index in [4.69, 9.17) is 0 Å². The molecule has 1 aromatic rings. The van der Waals surface area contributed by atoms with Gasteiger partial charge in [-0.05, 0) is 88.0 Å². The molecule has 0 aliphatic carbocycles.